The fraction of sp³-hybridized carbons (Fsp3) is 0.917. The summed E-state index contributed by atoms with van der Waals surface area (Å²) in [5, 5.41) is 9.26. The largest absolute Gasteiger partial charge is 0.481 e. The van der Waals surface area contributed by atoms with Crippen molar-refractivity contribution in [2.24, 2.45) is 11.3 Å². The van der Waals surface area contributed by atoms with Crippen LogP contribution in [0, 0.1) is 11.3 Å². The topological polar surface area (TPSA) is 74.7 Å². The van der Waals surface area contributed by atoms with Crippen molar-refractivity contribution >= 4 is 16.0 Å². The molecular weight excluding hydrogens is 254 g/mol. The number of carboxylic acid groups (broad SMARTS) is 1. The Hall–Kier alpha value is -0.620. The third kappa shape index (κ3) is 3.23. The Bertz CT molecular complexity index is 394. The van der Waals surface area contributed by atoms with E-state index in [1.54, 1.807) is 0 Å². The van der Waals surface area contributed by atoms with Crippen LogP contribution in [-0.4, -0.2) is 42.6 Å². The molecule has 0 aromatic carbocycles. The summed E-state index contributed by atoms with van der Waals surface area (Å²) >= 11 is 0. The van der Waals surface area contributed by atoms with Gasteiger partial charge < -0.3 is 5.11 Å². The molecule has 0 amide bonds. The van der Waals surface area contributed by atoms with Gasteiger partial charge in [0.15, 0.2) is 0 Å². The van der Waals surface area contributed by atoms with E-state index in [1.165, 1.54) is 4.31 Å². The van der Waals surface area contributed by atoms with Crippen LogP contribution in [0.5, 0.6) is 0 Å². The summed E-state index contributed by atoms with van der Waals surface area (Å²) in [6.07, 6.45) is 1.38. The molecule has 1 rings (SSSR count). The van der Waals surface area contributed by atoms with Crippen molar-refractivity contribution in [1.29, 1.82) is 0 Å². The lowest BCUT2D eigenvalue weighted by atomic mass is 9.77. The lowest BCUT2D eigenvalue weighted by Crippen LogP contribution is -2.47. The molecule has 0 spiro atoms. The molecule has 0 aliphatic carbocycles. The number of hydrogen-bond acceptors (Lipinski definition) is 3. The Morgan fingerprint density at radius 1 is 1.33 bits per heavy atom. The van der Waals surface area contributed by atoms with Crippen LogP contribution in [0.4, 0.5) is 0 Å². The maximum Gasteiger partial charge on any atom is 0.309 e. The zero-order chi connectivity index (χ0) is 14.0. The van der Waals surface area contributed by atoms with Crippen LogP contribution in [0.2, 0.25) is 0 Å². The molecule has 1 aliphatic heterocycles. The molecule has 0 radical (unpaired) electrons. The van der Waals surface area contributed by atoms with Crippen LogP contribution in [-0.2, 0) is 14.8 Å². The van der Waals surface area contributed by atoms with Crippen molar-refractivity contribution in [2.45, 2.75) is 40.0 Å². The van der Waals surface area contributed by atoms with E-state index >= 15 is 0 Å². The van der Waals surface area contributed by atoms with Gasteiger partial charge in [-0.2, -0.15) is 0 Å². The van der Waals surface area contributed by atoms with Gasteiger partial charge in [-0.1, -0.05) is 20.8 Å². The molecule has 6 heteroatoms. The summed E-state index contributed by atoms with van der Waals surface area (Å²) in [5.74, 6) is -0.572. The normalized spacial score (nSPS) is 21.1. The first-order valence-corrected chi connectivity index (χ1v) is 8.05. The van der Waals surface area contributed by atoms with Crippen molar-refractivity contribution in [3.8, 4) is 0 Å². The fourth-order valence-corrected chi connectivity index (χ4v) is 4.23. The van der Waals surface area contributed by atoms with Gasteiger partial charge in [-0.3, -0.25) is 4.79 Å². The number of hydrogen-bond donors (Lipinski definition) is 1. The minimum Gasteiger partial charge on any atom is -0.481 e. The molecule has 1 fully saturated rings. The first kappa shape index (κ1) is 15.4. The maximum atomic E-state index is 12.0. The van der Waals surface area contributed by atoms with E-state index in [-0.39, 0.29) is 11.7 Å². The van der Waals surface area contributed by atoms with Gasteiger partial charge in [0.2, 0.25) is 10.0 Å². The van der Waals surface area contributed by atoms with E-state index in [1.807, 2.05) is 20.8 Å². The summed E-state index contributed by atoms with van der Waals surface area (Å²) in [7, 11) is -3.23. The van der Waals surface area contributed by atoms with Crippen molar-refractivity contribution in [3.05, 3.63) is 0 Å². The van der Waals surface area contributed by atoms with Crippen molar-refractivity contribution in [3.63, 3.8) is 0 Å². The number of carbonyl (C=O) groups is 1. The average Bonchev–Trinajstić information content (AvgIpc) is 2.27. The van der Waals surface area contributed by atoms with Crippen LogP contribution in [0.3, 0.4) is 0 Å². The van der Waals surface area contributed by atoms with Gasteiger partial charge in [0.25, 0.3) is 0 Å². The Morgan fingerprint density at radius 2 is 1.83 bits per heavy atom. The first-order valence-electron chi connectivity index (χ1n) is 6.45. The number of nitrogens with zero attached hydrogens (tertiary/aromatic N) is 1. The smallest absolute Gasteiger partial charge is 0.309 e. The predicted molar refractivity (Wildman–Crippen MR) is 69.8 cm³/mol. The Morgan fingerprint density at radius 3 is 2.17 bits per heavy atom. The highest BCUT2D eigenvalue weighted by Gasteiger charge is 2.42. The molecule has 0 bridgehead atoms. The van der Waals surface area contributed by atoms with E-state index in [4.69, 9.17) is 0 Å². The fourth-order valence-electron chi connectivity index (χ4n) is 2.44. The zero-order valence-electron chi connectivity index (χ0n) is 11.3. The van der Waals surface area contributed by atoms with Gasteiger partial charge >= 0.3 is 5.97 Å². The summed E-state index contributed by atoms with van der Waals surface area (Å²) in [6.45, 7) is 6.25. The molecule has 0 aromatic heterocycles. The molecule has 0 saturated carbocycles. The molecule has 1 aliphatic rings. The average molecular weight is 277 g/mol. The van der Waals surface area contributed by atoms with Crippen LogP contribution in [0.1, 0.15) is 40.0 Å². The highest BCUT2D eigenvalue weighted by molar-refractivity contribution is 7.89. The van der Waals surface area contributed by atoms with E-state index < -0.39 is 21.4 Å². The zero-order valence-corrected chi connectivity index (χ0v) is 12.2. The van der Waals surface area contributed by atoms with E-state index in [0.29, 0.717) is 32.4 Å². The molecule has 18 heavy (non-hydrogen) atoms. The first-order chi connectivity index (χ1) is 8.23. The standard InChI is InChI=1S/C12H23NO4S/c1-4-12(11(14)15)5-7-13(8-6-12)18(16,17)9-10(2)3/h10H,4-9H2,1-3H3,(H,14,15). The van der Waals surface area contributed by atoms with Crippen LogP contribution < -0.4 is 0 Å². The van der Waals surface area contributed by atoms with Gasteiger partial charge in [0.1, 0.15) is 0 Å². The summed E-state index contributed by atoms with van der Waals surface area (Å²) in [4.78, 5) is 11.3. The van der Waals surface area contributed by atoms with E-state index in [2.05, 4.69) is 0 Å². The van der Waals surface area contributed by atoms with E-state index in [9.17, 15) is 18.3 Å². The van der Waals surface area contributed by atoms with Crippen molar-refractivity contribution in [1.82, 2.24) is 4.31 Å². The number of carboxylic acids is 1. The number of aliphatic carboxylic acids is 1. The number of piperidine rings is 1. The molecule has 1 N–H and O–H groups in total. The van der Waals surface area contributed by atoms with Gasteiger partial charge in [0, 0.05) is 13.1 Å². The van der Waals surface area contributed by atoms with Gasteiger partial charge in [0.05, 0.1) is 11.2 Å². The molecule has 0 atom stereocenters. The van der Waals surface area contributed by atoms with E-state index in [0.717, 1.165) is 0 Å². The van der Waals surface area contributed by atoms with Crippen molar-refractivity contribution in [2.75, 3.05) is 18.8 Å². The summed E-state index contributed by atoms with van der Waals surface area (Å²) in [5.41, 5.74) is -0.732. The lowest BCUT2D eigenvalue weighted by molar-refractivity contribution is -0.151. The lowest BCUT2D eigenvalue weighted by Gasteiger charge is -2.37. The molecule has 1 heterocycles. The number of rotatable bonds is 5. The number of sulfonamides is 1. The molecule has 1 saturated heterocycles. The SMILES string of the molecule is CCC1(C(=O)O)CCN(S(=O)(=O)CC(C)C)CC1. The van der Waals surface area contributed by atoms with Crippen molar-refractivity contribution < 1.29 is 18.3 Å². The monoisotopic (exact) mass is 277 g/mol. The minimum absolute atomic E-state index is 0.0901. The van der Waals surface area contributed by atoms with Gasteiger partial charge in [-0.15, -0.1) is 0 Å². The second-order valence-corrected chi connectivity index (χ2v) is 7.52. The van der Waals surface area contributed by atoms with Crippen LogP contribution in [0.25, 0.3) is 0 Å². The predicted octanol–water partition coefficient (Wildman–Crippen LogP) is 1.55. The molecule has 106 valence electrons. The van der Waals surface area contributed by atoms with Crippen LogP contribution in [0.15, 0.2) is 0 Å². The summed E-state index contributed by atoms with van der Waals surface area (Å²) in [6, 6.07) is 0. The highest BCUT2D eigenvalue weighted by atomic mass is 32.2. The third-order valence-corrected chi connectivity index (χ3v) is 5.99. The molecule has 0 unspecified atom stereocenters. The molecule has 0 aromatic rings. The van der Waals surface area contributed by atoms with Gasteiger partial charge in [-0.25, -0.2) is 12.7 Å². The quantitative estimate of drug-likeness (QED) is 0.827. The Kier molecular flexibility index (Phi) is 4.78. The second kappa shape index (κ2) is 5.57. The molecular formula is C12H23NO4S. The van der Waals surface area contributed by atoms with Gasteiger partial charge in [-0.05, 0) is 25.2 Å². The Balaban J connectivity index is 2.72. The summed E-state index contributed by atoms with van der Waals surface area (Å²) < 4.78 is 25.5. The Labute approximate surface area is 109 Å². The second-order valence-electron chi connectivity index (χ2n) is 5.51. The van der Waals surface area contributed by atoms with Crippen LogP contribution >= 0.6 is 0 Å². The third-order valence-electron chi connectivity index (χ3n) is 3.75. The highest BCUT2D eigenvalue weighted by Crippen LogP contribution is 2.36. The maximum absolute atomic E-state index is 12.0. The minimum atomic E-state index is -3.23. The molecule has 5 nitrogen and oxygen atoms in total.